The summed E-state index contributed by atoms with van der Waals surface area (Å²) in [6.07, 6.45) is 15.3. The summed E-state index contributed by atoms with van der Waals surface area (Å²) in [6, 6.07) is 8.48. The van der Waals surface area contributed by atoms with Crippen LogP contribution in [0.5, 0.6) is 0 Å². The molecular weight excluding hydrogens is 366 g/mol. The minimum absolute atomic E-state index is 0.727. The van der Waals surface area contributed by atoms with Crippen molar-refractivity contribution in [3.63, 3.8) is 0 Å². The second kappa shape index (κ2) is 9.11. The van der Waals surface area contributed by atoms with Crippen molar-refractivity contribution in [2.45, 2.75) is 44.9 Å². The molecule has 148 valence electrons. The monoisotopic (exact) mass is 395 g/mol. The number of nitrogens with one attached hydrogen (secondary N) is 1. The van der Waals surface area contributed by atoms with Crippen LogP contribution in [0.3, 0.4) is 0 Å². The Labute approximate surface area is 173 Å². The van der Waals surface area contributed by atoms with Gasteiger partial charge >= 0.3 is 0 Å². The van der Waals surface area contributed by atoms with Crippen LogP contribution in [0.2, 0.25) is 5.02 Å². The zero-order valence-corrected chi connectivity index (χ0v) is 17.5. The highest BCUT2D eigenvalue weighted by molar-refractivity contribution is 6.33. The van der Waals surface area contributed by atoms with E-state index in [4.69, 9.17) is 11.6 Å². The summed E-state index contributed by atoms with van der Waals surface area (Å²) >= 11 is 6.63. The first-order chi connectivity index (χ1) is 13.7. The molecule has 28 heavy (non-hydrogen) atoms. The van der Waals surface area contributed by atoms with Gasteiger partial charge in [0.25, 0.3) is 0 Å². The Balaban J connectivity index is 1.54. The summed E-state index contributed by atoms with van der Waals surface area (Å²) in [7, 11) is 2.09. The van der Waals surface area contributed by atoms with Crippen LogP contribution in [0.25, 0.3) is 6.08 Å². The van der Waals surface area contributed by atoms with Crippen LogP contribution < -0.4 is 10.2 Å². The molecule has 0 amide bonds. The average Bonchev–Trinajstić information content (AvgIpc) is 2.98. The summed E-state index contributed by atoms with van der Waals surface area (Å²) in [6.45, 7) is 2.03. The summed E-state index contributed by atoms with van der Waals surface area (Å²) < 4.78 is 0. The van der Waals surface area contributed by atoms with Gasteiger partial charge in [0.15, 0.2) is 0 Å². The Morgan fingerprint density at radius 2 is 1.89 bits per heavy atom. The zero-order valence-electron chi connectivity index (χ0n) is 16.8. The van der Waals surface area contributed by atoms with Gasteiger partial charge in [-0.15, -0.1) is 0 Å². The molecule has 1 saturated carbocycles. The largest absolute Gasteiger partial charge is 0.342 e. The number of fused-ring (bicyclic) bond motifs is 1. The van der Waals surface area contributed by atoms with E-state index < -0.39 is 0 Å². The number of anilines is 2. The number of hydrogen-bond donors (Lipinski definition) is 1. The standard InChI is InChI=1S/C24H30ClN3/c1-28(24-22-14-16-26-15-13-19(22)8-12-23(24)25)21-11-10-20(27-17-21)9-7-18-5-3-2-4-6-18/h7-12,17-18,26H,2-6,13-16H2,1H3/b9-7-. The number of allylic oxidation sites excluding steroid dienone is 1. The molecule has 0 atom stereocenters. The number of nitrogens with zero attached hydrogens (tertiary/aromatic N) is 2. The van der Waals surface area contributed by atoms with Crippen molar-refractivity contribution in [2.75, 3.05) is 25.0 Å². The molecule has 1 aliphatic heterocycles. The molecule has 1 aliphatic carbocycles. The zero-order chi connectivity index (χ0) is 19.3. The molecule has 1 aromatic carbocycles. The second-order valence-electron chi connectivity index (χ2n) is 8.04. The van der Waals surface area contributed by atoms with E-state index in [0.29, 0.717) is 0 Å². The van der Waals surface area contributed by atoms with Crippen LogP contribution in [0.4, 0.5) is 11.4 Å². The fraction of sp³-hybridized carbons (Fsp3) is 0.458. The van der Waals surface area contributed by atoms with Crippen LogP contribution in [-0.4, -0.2) is 25.1 Å². The molecule has 2 heterocycles. The predicted octanol–water partition coefficient (Wildman–Crippen LogP) is 5.78. The molecule has 0 radical (unpaired) electrons. The van der Waals surface area contributed by atoms with Gasteiger partial charge in [0.1, 0.15) is 0 Å². The van der Waals surface area contributed by atoms with Crippen molar-refractivity contribution >= 4 is 29.1 Å². The first kappa shape index (κ1) is 19.5. The van der Waals surface area contributed by atoms with Crippen molar-refractivity contribution in [3.05, 3.63) is 58.4 Å². The number of aromatic nitrogens is 1. The van der Waals surface area contributed by atoms with Crippen molar-refractivity contribution < 1.29 is 0 Å². The van der Waals surface area contributed by atoms with Gasteiger partial charge in [0, 0.05) is 7.05 Å². The summed E-state index contributed by atoms with van der Waals surface area (Å²) in [5.41, 5.74) is 5.99. The van der Waals surface area contributed by atoms with Gasteiger partial charge in [-0.25, -0.2) is 0 Å². The molecule has 0 unspecified atom stereocenters. The fourth-order valence-corrected chi connectivity index (χ4v) is 4.78. The maximum Gasteiger partial charge on any atom is 0.0646 e. The van der Waals surface area contributed by atoms with Gasteiger partial charge in [0.2, 0.25) is 0 Å². The molecular formula is C24H30ClN3. The molecule has 2 aliphatic rings. The highest BCUT2D eigenvalue weighted by Crippen LogP contribution is 2.36. The van der Waals surface area contributed by atoms with Gasteiger partial charge in [-0.05, 0) is 80.1 Å². The van der Waals surface area contributed by atoms with Gasteiger partial charge in [-0.1, -0.05) is 43.0 Å². The number of pyridine rings is 1. The van der Waals surface area contributed by atoms with E-state index in [1.165, 1.54) is 43.2 Å². The van der Waals surface area contributed by atoms with Crippen LogP contribution in [0.15, 0.2) is 36.5 Å². The molecule has 0 bridgehead atoms. The van der Waals surface area contributed by atoms with E-state index in [-0.39, 0.29) is 0 Å². The maximum atomic E-state index is 6.63. The van der Waals surface area contributed by atoms with E-state index in [1.54, 1.807) is 0 Å². The third kappa shape index (κ3) is 4.42. The number of benzene rings is 1. The minimum atomic E-state index is 0.727. The van der Waals surface area contributed by atoms with E-state index in [1.807, 2.05) is 12.3 Å². The van der Waals surface area contributed by atoms with Crippen molar-refractivity contribution in [3.8, 4) is 0 Å². The Morgan fingerprint density at radius 1 is 1.07 bits per heavy atom. The molecule has 0 spiro atoms. The van der Waals surface area contributed by atoms with Crippen LogP contribution in [0.1, 0.15) is 48.9 Å². The first-order valence-electron chi connectivity index (χ1n) is 10.6. The van der Waals surface area contributed by atoms with Gasteiger partial charge in [0.05, 0.1) is 28.3 Å². The predicted molar refractivity (Wildman–Crippen MR) is 120 cm³/mol. The van der Waals surface area contributed by atoms with Crippen molar-refractivity contribution in [1.82, 2.24) is 10.3 Å². The molecule has 1 fully saturated rings. The number of rotatable bonds is 4. The Hall–Kier alpha value is -1.84. The van der Waals surface area contributed by atoms with Crippen LogP contribution in [0, 0.1) is 5.92 Å². The topological polar surface area (TPSA) is 28.2 Å². The average molecular weight is 396 g/mol. The van der Waals surface area contributed by atoms with E-state index in [2.05, 4.69) is 52.6 Å². The lowest BCUT2D eigenvalue weighted by atomic mass is 9.89. The number of hydrogen-bond acceptors (Lipinski definition) is 3. The summed E-state index contributed by atoms with van der Waals surface area (Å²) in [5.74, 6) is 0.727. The highest BCUT2D eigenvalue weighted by atomic mass is 35.5. The Morgan fingerprint density at radius 3 is 2.68 bits per heavy atom. The summed E-state index contributed by atoms with van der Waals surface area (Å²) in [5, 5.41) is 4.30. The quantitative estimate of drug-likeness (QED) is 0.710. The lowest BCUT2D eigenvalue weighted by molar-refractivity contribution is 0.420. The molecule has 4 rings (SSSR count). The molecule has 2 aromatic rings. The van der Waals surface area contributed by atoms with Crippen molar-refractivity contribution in [2.24, 2.45) is 5.92 Å². The third-order valence-corrected chi connectivity index (χ3v) is 6.44. The maximum absolute atomic E-state index is 6.63. The van der Waals surface area contributed by atoms with Gasteiger partial charge < -0.3 is 10.2 Å². The smallest absolute Gasteiger partial charge is 0.0646 e. The van der Waals surface area contributed by atoms with E-state index in [9.17, 15) is 0 Å². The number of halogens is 1. The Bertz CT molecular complexity index is 822. The van der Waals surface area contributed by atoms with Gasteiger partial charge in [-0.3, -0.25) is 4.98 Å². The Kier molecular flexibility index (Phi) is 6.33. The third-order valence-electron chi connectivity index (χ3n) is 6.14. The van der Waals surface area contributed by atoms with Crippen LogP contribution in [-0.2, 0) is 12.8 Å². The lowest BCUT2D eigenvalue weighted by Crippen LogP contribution is -2.17. The van der Waals surface area contributed by atoms with Gasteiger partial charge in [-0.2, -0.15) is 0 Å². The molecule has 0 saturated heterocycles. The SMILES string of the molecule is CN(c1ccc(/C=C\C2CCCCC2)nc1)c1c(Cl)ccc2c1CCNCC2. The lowest BCUT2D eigenvalue weighted by Gasteiger charge is -2.25. The molecule has 1 aromatic heterocycles. The van der Waals surface area contributed by atoms with Crippen molar-refractivity contribution in [1.29, 1.82) is 0 Å². The molecule has 1 N–H and O–H groups in total. The normalized spacial score (nSPS) is 18.1. The van der Waals surface area contributed by atoms with E-state index in [0.717, 1.165) is 53.9 Å². The molecule has 3 nitrogen and oxygen atoms in total. The molecule has 4 heteroatoms. The second-order valence-corrected chi connectivity index (χ2v) is 8.45. The van der Waals surface area contributed by atoms with Crippen LogP contribution >= 0.6 is 11.6 Å². The minimum Gasteiger partial charge on any atom is -0.342 e. The fourth-order valence-electron chi connectivity index (χ4n) is 4.47. The first-order valence-corrected chi connectivity index (χ1v) is 11.0. The summed E-state index contributed by atoms with van der Waals surface area (Å²) in [4.78, 5) is 6.87. The highest BCUT2D eigenvalue weighted by Gasteiger charge is 2.19. The van der Waals surface area contributed by atoms with E-state index >= 15 is 0 Å².